The third-order valence-corrected chi connectivity index (χ3v) is 6.29. The number of hydrogen-bond donors (Lipinski definition) is 0. The van der Waals surface area contributed by atoms with Crippen LogP contribution < -0.4 is 4.90 Å². The monoisotopic (exact) mass is 436 g/mol. The number of carbonyl (C=O) groups is 2. The first-order chi connectivity index (χ1) is 15.4. The van der Waals surface area contributed by atoms with Crippen LogP contribution in [0.4, 0.5) is 5.82 Å². The Labute approximate surface area is 189 Å². The van der Waals surface area contributed by atoms with Crippen LogP contribution in [0.3, 0.4) is 0 Å². The molecule has 0 spiro atoms. The standard InChI is InChI=1S/C25H32N4O3/c1-17(2)32-16-23(31)28-13-11-20(12-14-28)24-26-18(3)21-9-10-22(30)29(25(21)27-24)15-19-7-5-4-6-8-19/h4-8,17,20H,9-16H2,1-3H3. The van der Waals surface area contributed by atoms with Crippen molar-refractivity contribution in [2.75, 3.05) is 24.6 Å². The molecule has 7 nitrogen and oxygen atoms in total. The van der Waals surface area contributed by atoms with Crippen LogP contribution in [0.15, 0.2) is 30.3 Å². The average Bonchev–Trinajstić information content (AvgIpc) is 2.80. The fourth-order valence-electron chi connectivity index (χ4n) is 4.43. The Morgan fingerprint density at radius 3 is 2.53 bits per heavy atom. The van der Waals surface area contributed by atoms with Crippen molar-refractivity contribution in [1.82, 2.24) is 14.9 Å². The number of rotatable bonds is 6. The van der Waals surface area contributed by atoms with Crippen LogP contribution in [-0.4, -0.2) is 52.5 Å². The summed E-state index contributed by atoms with van der Waals surface area (Å²) in [4.78, 5) is 38.6. The topological polar surface area (TPSA) is 75.6 Å². The van der Waals surface area contributed by atoms with Gasteiger partial charge in [0, 0.05) is 36.7 Å². The van der Waals surface area contributed by atoms with Gasteiger partial charge < -0.3 is 9.64 Å². The molecular weight excluding hydrogens is 404 g/mol. The zero-order chi connectivity index (χ0) is 22.7. The molecule has 32 heavy (non-hydrogen) atoms. The highest BCUT2D eigenvalue weighted by atomic mass is 16.5. The van der Waals surface area contributed by atoms with Gasteiger partial charge in [-0.2, -0.15) is 0 Å². The molecule has 0 saturated carbocycles. The molecule has 2 aliphatic heterocycles. The van der Waals surface area contributed by atoms with E-state index >= 15 is 0 Å². The van der Waals surface area contributed by atoms with Gasteiger partial charge in [0.15, 0.2) is 0 Å². The second kappa shape index (κ2) is 9.77. The van der Waals surface area contributed by atoms with Crippen LogP contribution in [0.5, 0.6) is 0 Å². The minimum Gasteiger partial charge on any atom is -0.369 e. The molecule has 0 atom stereocenters. The van der Waals surface area contributed by atoms with Crippen LogP contribution in [0.1, 0.15) is 61.7 Å². The molecule has 3 heterocycles. The van der Waals surface area contributed by atoms with Crippen molar-refractivity contribution in [1.29, 1.82) is 0 Å². The molecule has 1 fully saturated rings. The van der Waals surface area contributed by atoms with E-state index < -0.39 is 0 Å². The summed E-state index contributed by atoms with van der Waals surface area (Å²) in [6, 6.07) is 10.0. The molecule has 2 aromatic rings. The summed E-state index contributed by atoms with van der Waals surface area (Å²) >= 11 is 0. The maximum absolute atomic E-state index is 12.8. The number of aryl methyl sites for hydroxylation is 1. The molecule has 7 heteroatoms. The van der Waals surface area contributed by atoms with Crippen LogP contribution in [0.2, 0.25) is 0 Å². The Balaban J connectivity index is 1.50. The first-order valence-electron chi connectivity index (χ1n) is 11.5. The predicted octanol–water partition coefficient (Wildman–Crippen LogP) is 3.40. The fraction of sp³-hybridized carbons (Fsp3) is 0.520. The van der Waals surface area contributed by atoms with Crippen molar-refractivity contribution in [2.45, 2.75) is 65.0 Å². The predicted molar refractivity (Wildman–Crippen MR) is 122 cm³/mol. The van der Waals surface area contributed by atoms with Crippen LogP contribution in [0, 0.1) is 6.92 Å². The molecule has 0 N–H and O–H groups in total. The molecule has 4 rings (SSSR count). The SMILES string of the molecule is Cc1nc(C2CCN(C(=O)COC(C)C)CC2)nc2c1CCC(=O)N2Cc1ccccc1. The minimum atomic E-state index is 0.0410. The molecule has 0 unspecified atom stereocenters. The van der Waals surface area contributed by atoms with Gasteiger partial charge in [-0.25, -0.2) is 9.97 Å². The Morgan fingerprint density at radius 1 is 1.12 bits per heavy atom. The highest BCUT2D eigenvalue weighted by Crippen LogP contribution is 2.33. The van der Waals surface area contributed by atoms with E-state index in [1.165, 1.54) is 0 Å². The van der Waals surface area contributed by atoms with Crippen LogP contribution >= 0.6 is 0 Å². The maximum Gasteiger partial charge on any atom is 0.248 e. The molecular formula is C25H32N4O3. The summed E-state index contributed by atoms with van der Waals surface area (Å²) in [5.74, 6) is 1.89. The Kier molecular flexibility index (Phi) is 6.84. The molecule has 2 aliphatic rings. The van der Waals surface area contributed by atoms with Gasteiger partial charge in [-0.3, -0.25) is 14.5 Å². The highest BCUT2D eigenvalue weighted by molar-refractivity contribution is 5.95. The summed E-state index contributed by atoms with van der Waals surface area (Å²) in [5, 5.41) is 0. The van der Waals surface area contributed by atoms with E-state index in [1.54, 1.807) is 0 Å². The van der Waals surface area contributed by atoms with Crippen LogP contribution in [0.25, 0.3) is 0 Å². The van der Waals surface area contributed by atoms with Gasteiger partial charge >= 0.3 is 0 Å². The average molecular weight is 437 g/mol. The van der Waals surface area contributed by atoms with Crippen molar-refractivity contribution in [3.05, 3.63) is 53.0 Å². The summed E-state index contributed by atoms with van der Waals surface area (Å²) in [5.41, 5.74) is 3.11. The largest absolute Gasteiger partial charge is 0.369 e. The van der Waals surface area contributed by atoms with Gasteiger partial charge in [0.05, 0.1) is 12.6 Å². The van der Waals surface area contributed by atoms with Crippen molar-refractivity contribution in [3.63, 3.8) is 0 Å². The number of ether oxygens (including phenoxy) is 1. The normalized spacial score (nSPS) is 17.1. The van der Waals surface area contributed by atoms with E-state index in [0.29, 0.717) is 32.5 Å². The number of carbonyl (C=O) groups excluding carboxylic acids is 2. The van der Waals surface area contributed by atoms with Crippen molar-refractivity contribution >= 4 is 17.6 Å². The van der Waals surface area contributed by atoms with E-state index in [9.17, 15) is 9.59 Å². The number of anilines is 1. The fourth-order valence-corrected chi connectivity index (χ4v) is 4.43. The molecule has 0 aliphatic carbocycles. The number of piperidine rings is 1. The number of likely N-dealkylation sites (tertiary alicyclic amines) is 1. The Morgan fingerprint density at radius 2 is 1.84 bits per heavy atom. The molecule has 0 radical (unpaired) electrons. The molecule has 2 amide bonds. The minimum absolute atomic E-state index is 0.0410. The lowest BCUT2D eigenvalue weighted by Gasteiger charge is -2.33. The lowest BCUT2D eigenvalue weighted by atomic mass is 9.94. The van der Waals surface area contributed by atoms with Crippen LogP contribution in [-0.2, 0) is 27.3 Å². The van der Waals surface area contributed by atoms with E-state index in [1.807, 2.05) is 60.9 Å². The van der Waals surface area contributed by atoms with Gasteiger partial charge in [0.2, 0.25) is 11.8 Å². The van der Waals surface area contributed by atoms with Gasteiger partial charge in [-0.1, -0.05) is 30.3 Å². The van der Waals surface area contributed by atoms with E-state index in [2.05, 4.69) is 0 Å². The number of amides is 2. The van der Waals surface area contributed by atoms with Crippen molar-refractivity contribution in [3.8, 4) is 0 Å². The lowest BCUT2D eigenvalue weighted by Crippen LogP contribution is -2.41. The molecule has 0 bridgehead atoms. The Hall–Kier alpha value is -2.80. The third-order valence-electron chi connectivity index (χ3n) is 6.29. The Bertz CT molecular complexity index is 969. The number of benzene rings is 1. The van der Waals surface area contributed by atoms with Crippen molar-refractivity contribution in [2.24, 2.45) is 0 Å². The van der Waals surface area contributed by atoms with Gasteiger partial charge in [0.1, 0.15) is 18.2 Å². The quantitative estimate of drug-likeness (QED) is 0.694. The first-order valence-corrected chi connectivity index (χ1v) is 11.5. The first kappa shape index (κ1) is 22.4. The van der Waals surface area contributed by atoms with E-state index in [4.69, 9.17) is 14.7 Å². The maximum atomic E-state index is 12.8. The highest BCUT2D eigenvalue weighted by Gasteiger charge is 2.31. The summed E-state index contributed by atoms with van der Waals surface area (Å²) in [6.07, 6.45) is 2.86. The number of hydrogen-bond acceptors (Lipinski definition) is 5. The summed E-state index contributed by atoms with van der Waals surface area (Å²) in [7, 11) is 0. The smallest absolute Gasteiger partial charge is 0.248 e. The zero-order valence-corrected chi connectivity index (χ0v) is 19.2. The lowest BCUT2D eigenvalue weighted by molar-refractivity contribution is -0.138. The number of aromatic nitrogens is 2. The number of fused-ring (bicyclic) bond motifs is 1. The second-order valence-corrected chi connectivity index (χ2v) is 8.95. The molecule has 1 saturated heterocycles. The van der Waals surface area contributed by atoms with Gasteiger partial charge in [-0.15, -0.1) is 0 Å². The molecule has 1 aromatic carbocycles. The van der Waals surface area contributed by atoms with E-state index in [0.717, 1.165) is 41.3 Å². The zero-order valence-electron chi connectivity index (χ0n) is 19.2. The van der Waals surface area contributed by atoms with Crippen molar-refractivity contribution < 1.29 is 14.3 Å². The summed E-state index contributed by atoms with van der Waals surface area (Å²) < 4.78 is 5.46. The van der Waals surface area contributed by atoms with Gasteiger partial charge in [-0.05, 0) is 45.6 Å². The van der Waals surface area contributed by atoms with E-state index in [-0.39, 0.29) is 30.4 Å². The third kappa shape index (κ3) is 4.99. The number of nitrogens with zero attached hydrogens (tertiary/aromatic N) is 4. The molecule has 170 valence electrons. The summed E-state index contributed by atoms with van der Waals surface area (Å²) in [6.45, 7) is 7.89. The molecule has 1 aromatic heterocycles. The van der Waals surface area contributed by atoms with Gasteiger partial charge in [0.25, 0.3) is 0 Å². The second-order valence-electron chi connectivity index (χ2n) is 8.95.